The molecule has 1 aliphatic heterocycles. The first-order valence-electron chi connectivity index (χ1n) is 11.8. The number of likely N-dealkylation sites (N-methyl/N-ethyl adjacent to an activating group) is 2. The van der Waals surface area contributed by atoms with Crippen molar-refractivity contribution in [3.63, 3.8) is 0 Å². The number of aryl methyl sites for hydroxylation is 1. The van der Waals surface area contributed by atoms with Gasteiger partial charge in [-0.1, -0.05) is 19.9 Å². The van der Waals surface area contributed by atoms with Crippen molar-refractivity contribution in [3.8, 4) is 0 Å². The zero-order valence-corrected chi connectivity index (χ0v) is 21.3. The van der Waals surface area contributed by atoms with Gasteiger partial charge in [-0.25, -0.2) is 4.79 Å². The minimum absolute atomic E-state index is 0.0188. The lowest BCUT2D eigenvalue weighted by Crippen LogP contribution is -2.38. The molecule has 1 aromatic rings. The molecule has 1 unspecified atom stereocenters. The minimum Gasteiger partial charge on any atom is -0.444 e. The van der Waals surface area contributed by atoms with Crippen molar-refractivity contribution in [3.05, 3.63) is 23.5 Å². The van der Waals surface area contributed by atoms with Gasteiger partial charge in [0, 0.05) is 45.5 Å². The first-order valence-corrected chi connectivity index (χ1v) is 11.8. The quantitative estimate of drug-likeness (QED) is 0.645. The Morgan fingerprint density at radius 1 is 1.28 bits per heavy atom. The zero-order chi connectivity index (χ0) is 23.7. The van der Waals surface area contributed by atoms with E-state index in [0.717, 1.165) is 51.1 Å². The smallest absolute Gasteiger partial charge is 0.410 e. The molecule has 7 nitrogen and oxygen atoms in total. The van der Waals surface area contributed by atoms with Crippen LogP contribution in [-0.4, -0.2) is 70.7 Å². The van der Waals surface area contributed by atoms with Crippen LogP contribution in [0.3, 0.4) is 0 Å². The van der Waals surface area contributed by atoms with E-state index in [9.17, 15) is 4.79 Å². The Balaban J connectivity index is 1.59. The van der Waals surface area contributed by atoms with Crippen molar-refractivity contribution in [2.75, 3.05) is 33.8 Å². The summed E-state index contributed by atoms with van der Waals surface area (Å²) >= 11 is 0. The van der Waals surface area contributed by atoms with Crippen LogP contribution < -0.4 is 0 Å². The summed E-state index contributed by atoms with van der Waals surface area (Å²) in [6.45, 7) is 13.3. The van der Waals surface area contributed by atoms with Crippen LogP contribution in [0.4, 0.5) is 4.79 Å². The Labute approximate surface area is 193 Å². The molecule has 180 valence electrons. The van der Waals surface area contributed by atoms with Gasteiger partial charge in [0.1, 0.15) is 5.60 Å². The molecule has 1 spiro atoms. The first kappa shape index (κ1) is 24.8. The molecule has 0 saturated carbocycles. The lowest BCUT2D eigenvalue weighted by atomic mass is 9.76. The van der Waals surface area contributed by atoms with Gasteiger partial charge >= 0.3 is 6.09 Å². The molecule has 2 aliphatic rings. The van der Waals surface area contributed by atoms with Gasteiger partial charge in [-0.15, -0.1) is 0 Å². The number of carbonyl (C=O) groups excluding carboxylic acids is 1. The molecule has 7 heteroatoms. The zero-order valence-electron chi connectivity index (χ0n) is 21.3. The van der Waals surface area contributed by atoms with E-state index in [1.165, 1.54) is 11.1 Å². The van der Waals surface area contributed by atoms with Crippen LogP contribution in [0, 0.1) is 5.41 Å². The fraction of sp³-hybridized carbons (Fsp3) is 0.760. The van der Waals surface area contributed by atoms with Crippen molar-refractivity contribution in [1.82, 2.24) is 19.6 Å². The Bertz CT molecular complexity index is 852. The fourth-order valence-corrected chi connectivity index (χ4v) is 4.75. The number of rotatable bonds is 6. The Kier molecular flexibility index (Phi) is 7.11. The van der Waals surface area contributed by atoms with Crippen LogP contribution in [-0.2, 0) is 23.1 Å². The summed E-state index contributed by atoms with van der Waals surface area (Å²) in [4.78, 5) is 16.1. The molecule has 32 heavy (non-hydrogen) atoms. The molecule has 0 aromatic carbocycles. The lowest BCUT2D eigenvalue weighted by Gasteiger charge is -2.32. The van der Waals surface area contributed by atoms with Crippen molar-refractivity contribution in [2.24, 2.45) is 12.5 Å². The summed E-state index contributed by atoms with van der Waals surface area (Å²) in [5.74, 6) is 0. The van der Waals surface area contributed by atoms with Crippen molar-refractivity contribution in [1.29, 1.82) is 0 Å². The number of nitrogens with zero attached hydrogens (tertiary/aromatic N) is 4. The molecule has 1 fully saturated rings. The average Bonchev–Trinajstić information content (AvgIpc) is 3.18. The van der Waals surface area contributed by atoms with Gasteiger partial charge < -0.3 is 19.3 Å². The minimum atomic E-state index is -0.479. The third-order valence-corrected chi connectivity index (χ3v) is 6.31. The summed E-state index contributed by atoms with van der Waals surface area (Å²) in [5.41, 5.74) is 3.48. The largest absolute Gasteiger partial charge is 0.444 e. The van der Waals surface area contributed by atoms with E-state index < -0.39 is 5.60 Å². The first-order chi connectivity index (χ1) is 14.8. The van der Waals surface area contributed by atoms with E-state index in [0.29, 0.717) is 6.54 Å². The lowest BCUT2D eigenvalue weighted by molar-refractivity contribution is -0.00368. The number of aromatic nitrogens is 2. The molecule has 2 heterocycles. The van der Waals surface area contributed by atoms with Gasteiger partial charge in [-0.2, -0.15) is 5.10 Å². The van der Waals surface area contributed by atoms with Gasteiger partial charge in [-0.3, -0.25) is 4.68 Å². The van der Waals surface area contributed by atoms with Gasteiger partial charge in [0.05, 0.1) is 17.9 Å². The molecule has 1 amide bonds. The van der Waals surface area contributed by atoms with Crippen molar-refractivity contribution >= 4 is 11.7 Å². The molecule has 0 N–H and O–H groups in total. The van der Waals surface area contributed by atoms with E-state index in [1.54, 1.807) is 11.9 Å². The van der Waals surface area contributed by atoms with Gasteiger partial charge in [0.25, 0.3) is 0 Å². The monoisotopic (exact) mass is 446 g/mol. The maximum Gasteiger partial charge on any atom is 0.410 e. The summed E-state index contributed by atoms with van der Waals surface area (Å²) in [6, 6.07) is 0. The molecule has 1 atom stereocenters. The summed E-state index contributed by atoms with van der Waals surface area (Å²) in [5, 5.41) is 4.79. The van der Waals surface area contributed by atoms with E-state index in [1.807, 2.05) is 32.5 Å². The highest BCUT2D eigenvalue weighted by Crippen LogP contribution is 2.47. The molecular weight excluding hydrogens is 404 g/mol. The number of amides is 1. The maximum absolute atomic E-state index is 12.2. The molecule has 1 aromatic heterocycles. The summed E-state index contributed by atoms with van der Waals surface area (Å²) in [6.07, 6.45) is 8.36. The van der Waals surface area contributed by atoms with Crippen molar-refractivity contribution in [2.45, 2.75) is 78.0 Å². The second-order valence-corrected chi connectivity index (χ2v) is 11.6. The second-order valence-electron chi connectivity index (χ2n) is 11.6. The van der Waals surface area contributed by atoms with Gasteiger partial charge in [-0.05, 0) is 64.5 Å². The molecule has 3 rings (SSSR count). The number of hydrogen-bond donors (Lipinski definition) is 0. The Hall–Kier alpha value is -1.86. The summed E-state index contributed by atoms with van der Waals surface area (Å²) < 4.78 is 13.6. The van der Waals surface area contributed by atoms with E-state index in [-0.39, 0.29) is 17.1 Å². The summed E-state index contributed by atoms with van der Waals surface area (Å²) in [7, 11) is 5.85. The van der Waals surface area contributed by atoms with Crippen molar-refractivity contribution < 1.29 is 14.3 Å². The topological polar surface area (TPSA) is 59.8 Å². The number of carbonyl (C=O) groups is 1. The fourth-order valence-electron chi connectivity index (χ4n) is 4.75. The Morgan fingerprint density at radius 3 is 2.56 bits per heavy atom. The molecular formula is C25H42N4O3. The highest BCUT2D eigenvalue weighted by Gasteiger charge is 2.45. The second kappa shape index (κ2) is 9.18. The highest BCUT2D eigenvalue weighted by atomic mass is 16.6. The van der Waals surface area contributed by atoms with Crippen LogP contribution in [0.15, 0.2) is 12.3 Å². The third kappa shape index (κ3) is 6.35. The van der Waals surface area contributed by atoms with Crippen LogP contribution in [0.1, 0.15) is 71.6 Å². The van der Waals surface area contributed by atoms with E-state index in [4.69, 9.17) is 14.6 Å². The highest BCUT2D eigenvalue weighted by molar-refractivity contribution is 5.67. The number of hydrogen-bond acceptors (Lipinski definition) is 5. The number of allylic oxidation sites excluding steroid dienone is 1. The van der Waals surface area contributed by atoms with E-state index >= 15 is 0 Å². The molecule has 0 bridgehead atoms. The van der Waals surface area contributed by atoms with Gasteiger partial charge in [0.2, 0.25) is 0 Å². The van der Waals surface area contributed by atoms with Gasteiger partial charge in [0.15, 0.2) is 0 Å². The van der Waals surface area contributed by atoms with E-state index in [2.05, 4.69) is 38.1 Å². The van der Waals surface area contributed by atoms with Crippen LogP contribution in [0.5, 0.6) is 0 Å². The third-order valence-electron chi connectivity index (χ3n) is 6.31. The maximum atomic E-state index is 12.2. The normalized spacial score (nSPS) is 23.0. The standard InChI is InChI=1S/C25H42N4O3/c1-23(2,3)32-22(30)28(7)14-13-27(6)15-20-16-29(8)26-21(20)19-9-11-25(12-10-19)17-24(4,5)18-31-25/h9,16H,10-15,17-18H2,1-8H3. The average molecular weight is 447 g/mol. The Morgan fingerprint density at radius 2 is 2.00 bits per heavy atom. The van der Waals surface area contributed by atoms with Crippen LogP contribution in [0.2, 0.25) is 0 Å². The molecule has 1 aliphatic carbocycles. The predicted molar refractivity (Wildman–Crippen MR) is 127 cm³/mol. The SMILES string of the molecule is CN(CCN(C)C(=O)OC(C)(C)C)Cc1cn(C)nc1C1=CCC2(CC1)CC(C)(C)CO2. The predicted octanol–water partition coefficient (Wildman–Crippen LogP) is 4.47. The van der Waals surface area contributed by atoms with Crippen LogP contribution in [0.25, 0.3) is 5.57 Å². The number of ether oxygens (including phenoxy) is 2. The molecule has 1 saturated heterocycles. The van der Waals surface area contributed by atoms with Crippen LogP contribution >= 0.6 is 0 Å². The molecule has 0 radical (unpaired) electrons.